The Bertz CT molecular complexity index is 1750. The van der Waals surface area contributed by atoms with Crippen LogP contribution in [0.5, 0.6) is 6.01 Å². The average molecular weight is 579 g/mol. The van der Waals surface area contributed by atoms with Crippen LogP contribution in [0.15, 0.2) is 48.5 Å². The predicted octanol–water partition coefficient (Wildman–Crippen LogP) is 5.46. The molecule has 0 spiro atoms. The van der Waals surface area contributed by atoms with E-state index in [1.54, 1.807) is 0 Å². The highest BCUT2D eigenvalue weighted by molar-refractivity contribution is 6.02. The van der Waals surface area contributed by atoms with Gasteiger partial charge in [-0.15, -0.1) is 0 Å². The summed E-state index contributed by atoms with van der Waals surface area (Å²) in [6, 6.07) is 18.3. The topological polar surface area (TPSA) is 85.6 Å². The number of benzene rings is 3. The third-order valence-electron chi connectivity index (χ3n) is 9.55. The van der Waals surface area contributed by atoms with Gasteiger partial charge >= 0.3 is 6.01 Å². The van der Waals surface area contributed by atoms with Crippen molar-refractivity contribution in [3.8, 4) is 23.2 Å². The molecule has 3 aliphatic heterocycles. The van der Waals surface area contributed by atoms with Crippen molar-refractivity contribution in [1.82, 2.24) is 19.8 Å². The summed E-state index contributed by atoms with van der Waals surface area (Å²) in [6.45, 7) is 4.64. The van der Waals surface area contributed by atoms with Crippen LogP contribution in [-0.4, -0.2) is 77.1 Å². The molecule has 8 nitrogen and oxygen atoms in total. The van der Waals surface area contributed by atoms with Crippen LogP contribution in [0.4, 0.5) is 10.2 Å². The van der Waals surface area contributed by atoms with Crippen molar-refractivity contribution in [2.75, 3.05) is 38.2 Å². The molecule has 3 saturated heterocycles. The molecular formula is C34H35FN6O2. The number of amides is 1. The van der Waals surface area contributed by atoms with Crippen molar-refractivity contribution in [1.29, 1.82) is 5.26 Å². The second-order valence-electron chi connectivity index (χ2n) is 12.1. The molecule has 4 aromatic rings. The molecule has 0 N–H and O–H groups in total. The maximum Gasteiger partial charge on any atom is 0.319 e. The number of hydrogen-bond acceptors (Lipinski definition) is 7. The number of ether oxygens (including phenoxy) is 1. The summed E-state index contributed by atoms with van der Waals surface area (Å²) in [7, 11) is 2.09. The Morgan fingerprint density at radius 2 is 1.81 bits per heavy atom. The lowest BCUT2D eigenvalue weighted by Crippen LogP contribution is -2.56. The fraction of sp³-hybridized carbons (Fsp3) is 0.412. The van der Waals surface area contributed by atoms with Gasteiger partial charge < -0.3 is 19.4 Å². The Balaban J connectivity index is 1.32. The van der Waals surface area contributed by atoms with Gasteiger partial charge in [-0.3, -0.25) is 4.79 Å². The number of carbonyl (C=O) groups is 1. The molecule has 0 aliphatic carbocycles. The highest BCUT2D eigenvalue weighted by atomic mass is 19.1. The SMILES string of the molecule is Cc1cccc2cccc(-c3ccc4c(N5C[C@H]6CC[C@@H](C5)N6C(=O)CC#N)nc(OC[C@H]5CCCN5C)nc4c3F)c12. The molecule has 0 radical (unpaired) electrons. The van der Waals surface area contributed by atoms with E-state index < -0.39 is 5.82 Å². The first-order chi connectivity index (χ1) is 20.9. The van der Waals surface area contributed by atoms with E-state index in [0.717, 1.165) is 54.1 Å². The Labute approximate surface area is 250 Å². The van der Waals surface area contributed by atoms with Gasteiger partial charge in [0.1, 0.15) is 24.4 Å². The minimum Gasteiger partial charge on any atom is -0.462 e. The van der Waals surface area contributed by atoms with Crippen molar-refractivity contribution in [3.05, 3.63) is 59.9 Å². The van der Waals surface area contributed by atoms with Crippen LogP contribution in [0.1, 0.15) is 37.7 Å². The monoisotopic (exact) mass is 578 g/mol. The number of piperazine rings is 1. The van der Waals surface area contributed by atoms with Crippen LogP contribution < -0.4 is 9.64 Å². The summed E-state index contributed by atoms with van der Waals surface area (Å²) in [5.74, 6) is 0.113. The number of likely N-dealkylation sites (N-methyl/N-ethyl adjacent to an activating group) is 1. The standard InChI is InChI=1S/C34H35FN6O2/c1-21-6-3-7-22-8-4-10-26(30(21)22)27-13-14-28-32(31(27)35)37-34(43-20-25-9-5-17-39(25)2)38-33(28)40-18-23-11-12-24(19-40)41(23)29(42)15-16-36/h3-4,6-8,10,13-14,23-25H,5,9,11-12,15,17-20H2,1-2H3/t23-,24+,25-/m1/s1. The maximum absolute atomic E-state index is 16.7. The third kappa shape index (κ3) is 4.84. The number of likely N-dealkylation sites (tertiary alicyclic amines) is 1. The number of rotatable bonds is 6. The molecule has 0 unspecified atom stereocenters. The second kappa shape index (κ2) is 11.1. The molecule has 0 saturated carbocycles. The van der Waals surface area contributed by atoms with Crippen molar-refractivity contribution in [3.63, 3.8) is 0 Å². The van der Waals surface area contributed by atoms with Gasteiger partial charge in [0, 0.05) is 42.2 Å². The van der Waals surface area contributed by atoms with Gasteiger partial charge in [-0.25, -0.2) is 4.39 Å². The maximum atomic E-state index is 16.7. The molecule has 220 valence electrons. The zero-order valence-corrected chi connectivity index (χ0v) is 24.6. The fourth-order valence-electron chi connectivity index (χ4n) is 7.40. The van der Waals surface area contributed by atoms with Crippen molar-refractivity contribution < 1.29 is 13.9 Å². The Hall–Kier alpha value is -4.29. The minimum atomic E-state index is -0.398. The van der Waals surface area contributed by atoms with Gasteiger partial charge in [0.2, 0.25) is 5.91 Å². The molecule has 4 heterocycles. The summed E-state index contributed by atoms with van der Waals surface area (Å²) in [5.41, 5.74) is 2.64. The van der Waals surface area contributed by atoms with E-state index in [0.29, 0.717) is 36.5 Å². The lowest BCUT2D eigenvalue weighted by molar-refractivity contribution is -0.133. The van der Waals surface area contributed by atoms with Crippen LogP contribution in [0, 0.1) is 24.1 Å². The van der Waals surface area contributed by atoms with Crippen molar-refractivity contribution in [2.24, 2.45) is 0 Å². The summed E-state index contributed by atoms with van der Waals surface area (Å²) in [4.78, 5) is 28.6. The number of anilines is 1. The van der Waals surface area contributed by atoms with E-state index in [9.17, 15) is 4.79 Å². The van der Waals surface area contributed by atoms with Crippen molar-refractivity contribution in [2.45, 2.75) is 57.2 Å². The number of hydrogen-bond donors (Lipinski definition) is 0. The van der Waals surface area contributed by atoms with Gasteiger partial charge in [0.05, 0.1) is 6.07 Å². The van der Waals surface area contributed by atoms with Gasteiger partial charge in [-0.05, 0) is 74.2 Å². The lowest BCUT2D eigenvalue weighted by atomic mass is 9.94. The van der Waals surface area contributed by atoms with E-state index in [-0.39, 0.29) is 42.0 Å². The molecular weight excluding hydrogens is 543 g/mol. The number of carbonyl (C=O) groups excluding carboxylic acids is 1. The number of nitriles is 1. The molecule has 3 atom stereocenters. The molecule has 1 aromatic heterocycles. The van der Waals surface area contributed by atoms with Gasteiger partial charge in [0.15, 0.2) is 5.82 Å². The van der Waals surface area contributed by atoms with E-state index >= 15 is 4.39 Å². The van der Waals surface area contributed by atoms with Crippen LogP contribution in [0.25, 0.3) is 32.8 Å². The Kier molecular flexibility index (Phi) is 7.10. The van der Waals surface area contributed by atoms with E-state index in [2.05, 4.69) is 21.8 Å². The molecule has 3 aromatic carbocycles. The fourth-order valence-corrected chi connectivity index (χ4v) is 7.40. The van der Waals surface area contributed by atoms with Crippen LogP contribution in [-0.2, 0) is 4.79 Å². The number of nitrogens with zero attached hydrogens (tertiary/aromatic N) is 6. The zero-order chi connectivity index (χ0) is 29.7. The predicted molar refractivity (Wildman–Crippen MR) is 164 cm³/mol. The highest BCUT2D eigenvalue weighted by Gasteiger charge is 2.43. The normalized spacial score (nSPS) is 22.0. The average Bonchev–Trinajstić information content (AvgIpc) is 3.54. The van der Waals surface area contributed by atoms with Crippen LogP contribution in [0.2, 0.25) is 0 Å². The van der Waals surface area contributed by atoms with E-state index in [4.69, 9.17) is 15.0 Å². The summed E-state index contributed by atoms with van der Waals surface area (Å²) in [6.07, 6.45) is 3.79. The number of aromatic nitrogens is 2. The molecule has 2 bridgehead atoms. The van der Waals surface area contributed by atoms with E-state index in [1.807, 2.05) is 66.4 Å². The Morgan fingerprint density at radius 1 is 1.05 bits per heavy atom. The van der Waals surface area contributed by atoms with Crippen LogP contribution >= 0.6 is 0 Å². The number of aryl methyl sites for hydroxylation is 1. The first-order valence-electron chi connectivity index (χ1n) is 15.2. The molecule has 3 aliphatic rings. The number of fused-ring (bicyclic) bond motifs is 4. The van der Waals surface area contributed by atoms with E-state index in [1.165, 1.54) is 0 Å². The quantitative estimate of drug-likeness (QED) is 0.300. The first kappa shape index (κ1) is 27.5. The lowest BCUT2D eigenvalue weighted by Gasteiger charge is -2.41. The smallest absolute Gasteiger partial charge is 0.319 e. The van der Waals surface area contributed by atoms with Crippen molar-refractivity contribution >= 4 is 33.4 Å². The largest absolute Gasteiger partial charge is 0.462 e. The Morgan fingerprint density at radius 3 is 2.53 bits per heavy atom. The van der Waals surface area contributed by atoms with Gasteiger partial charge in [-0.2, -0.15) is 15.2 Å². The first-order valence-corrected chi connectivity index (χ1v) is 15.2. The summed E-state index contributed by atoms with van der Waals surface area (Å²) in [5, 5.41) is 11.8. The highest BCUT2D eigenvalue weighted by Crippen LogP contribution is 2.39. The molecule has 43 heavy (non-hydrogen) atoms. The summed E-state index contributed by atoms with van der Waals surface area (Å²) < 4.78 is 22.9. The minimum absolute atomic E-state index is 0.0103. The molecule has 7 rings (SSSR count). The van der Waals surface area contributed by atoms with Crippen LogP contribution in [0.3, 0.4) is 0 Å². The van der Waals surface area contributed by atoms with Gasteiger partial charge in [0.25, 0.3) is 0 Å². The number of halogens is 1. The third-order valence-corrected chi connectivity index (χ3v) is 9.55. The summed E-state index contributed by atoms with van der Waals surface area (Å²) >= 11 is 0. The second-order valence-corrected chi connectivity index (χ2v) is 12.1. The molecule has 3 fully saturated rings. The molecule has 9 heteroatoms. The van der Waals surface area contributed by atoms with Gasteiger partial charge in [-0.1, -0.05) is 42.5 Å². The molecule has 1 amide bonds. The zero-order valence-electron chi connectivity index (χ0n) is 24.6.